The van der Waals surface area contributed by atoms with Crippen molar-refractivity contribution in [3.05, 3.63) is 23.8 Å². The summed E-state index contributed by atoms with van der Waals surface area (Å²) in [6.45, 7) is -0.0417. The Morgan fingerprint density at radius 2 is 2.08 bits per heavy atom. The Bertz CT molecular complexity index is 304. The highest BCUT2D eigenvalue weighted by Gasteiger charge is 2.10. The molecule has 0 atom stereocenters. The van der Waals surface area contributed by atoms with Crippen LogP contribution >= 0.6 is 0 Å². The number of nitrogens with two attached hydrogens (primary N) is 1. The largest absolute Gasteiger partial charge is 0.397 e. The quantitative estimate of drug-likeness (QED) is 0.619. The first-order valence-electron chi connectivity index (χ1n) is 3.75. The second-order valence-corrected chi connectivity index (χ2v) is 2.48. The molecule has 0 radical (unpaired) electrons. The fraction of sp³-hybridized carbons (Fsp3) is 0.250. The molecule has 3 nitrogen and oxygen atoms in total. The van der Waals surface area contributed by atoms with Gasteiger partial charge in [-0.05, 0) is 12.1 Å². The van der Waals surface area contributed by atoms with Crippen LogP contribution in [0.5, 0.6) is 0 Å². The highest BCUT2D eigenvalue weighted by atomic mass is 19.2. The number of halogens is 2. The van der Waals surface area contributed by atoms with Gasteiger partial charge in [-0.2, -0.15) is 0 Å². The van der Waals surface area contributed by atoms with Gasteiger partial charge in [0.15, 0.2) is 11.6 Å². The Labute approximate surface area is 74.2 Å². The van der Waals surface area contributed by atoms with Gasteiger partial charge >= 0.3 is 0 Å². The highest BCUT2D eigenvalue weighted by Crippen LogP contribution is 2.23. The van der Waals surface area contributed by atoms with Crippen LogP contribution in [0.25, 0.3) is 0 Å². The van der Waals surface area contributed by atoms with E-state index in [4.69, 9.17) is 10.8 Å². The van der Waals surface area contributed by atoms with Gasteiger partial charge < -0.3 is 16.2 Å². The minimum absolute atomic E-state index is 0.103. The van der Waals surface area contributed by atoms with Crippen molar-refractivity contribution in [2.45, 2.75) is 0 Å². The maximum atomic E-state index is 13.0. The van der Waals surface area contributed by atoms with E-state index in [2.05, 4.69) is 5.32 Å². The Kier molecular flexibility index (Phi) is 3.02. The minimum Gasteiger partial charge on any atom is -0.397 e. The molecule has 0 fully saturated rings. The molecule has 72 valence electrons. The maximum Gasteiger partial charge on any atom is 0.183 e. The van der Waals surface area contributed by atoms with Crippen molar-refractivity contribution in [3.8, 4) is 0 Å². The summed E-state index contributed by atoms with van der Waals surface area (Å²) in [6.07, 6.45) is 0. The van der Waals surface area contributed by atoms with E-state index >= 15 is 0 Å². The molecule has 1 rings (SSSR count). The molecule has 0 amide bonds. The molecule has 0 aliphatic carbocycles. The van der Waals surface area contributed by atoms with Gasteiger partial charge in [0.05, 0.1) is 18.0 Å². The first-order chi connectivity index (χ1) is 6.16. The second kappa shape index (κ2) is 4.04. The molecule has 1 aromatic rings. The van der Waals surface area contributed by atoms with Crippen LogP contribution in [0.15, 0.2) is 12.1 Å². The molecular weight excluding hydrogens is 178 g/mol. The zero-order valence-corrected chi connectivity index (χ0v) is 6.85. The smallest absolute Gasteiger partial charge is 0.183 e. The summed E-state index contributed by atoms with van der Waals surface area (Å²) in [7, 11) is 0. The van der Waals surface area contributed by atoms with E-state index < -0.39 is 11.6 Å². The van der Waals surface area contributed by atoms with Crippen molar-refractivity contribution in [1.82, 2.24) is 0 Å². The molecular formula is C8H10F2N2O. The van der Waals surface area contributed by atoms with Gasteiger partial charge in [0.1, 0.15) is 0 Å². The third-order valence-corrected chi connectivity index (χ3v) is 1.54. The molecule has 13 heavy (non-hydrogen) atoms. The number of aliphatic hydroxyl groups excluding tert-OH is 1. The van der Waals surface area contributed by atoms with Crippen LogP contribution in [-0.4, -0.2) is 18.3 Å². The Hall–Kier alpha value is -1.36. The highest BCUT2D eigenvalue weighted by molar-refractivity contribution is 5.66. The van der Waals surface area contributed by atoms with Crippen molar-refractivity contribution in [2.75, 3.05) is 24.2 Å². The second-order valence-electron chi connectivity index (χ2n) is 2.48. The Morgan fingerprint density at radius 3 is 2.69 bits per heavy atom. The van der Waals surface area contributed by atoms with E-state index in [0.29, 0.717) is 0 Å². The number of aliphatic hydroxyl groups is 1. The molecule has 0 unspecified atom stereocenters. The number of hydrogen-bond acceptors (Lipinski definition) is 3. The topological polar surface area (TPSA) is 58.3 Å². The molecule has 0 heterocycles. The molecule has 5 heteroatoms. The SMILES string of the molecule is Nc1ccc(F)c(F)c1NCCO. The molecule has 4 N–H and O–H groups in total. The molecule has 0 spiro atoms. The molecule has 0 saturated heterocycles. The minimum atomic E-state index is -1.02. The van der Waals surface area contributed by atoms with Crippen LogP contribution in [0, 0.1) is 11.6 Å². The van der Waals surface area contributed by atoms with Crippen LogP contribution in [0.2, 0.25) is 0 Å². The monoisotopic (exact) mass is 188 g/mol. The van der Waals surface area contributed by atoms with Gasteiger partial charge in [-0.15, -0.1) is 0 Å². The van der Waals surface area contributed by atoms with Crippen LogP contribution < -0.4 is 11.1 Å². The lowest BCUT2D eigenvalue weighted by Crippen LogP contribution is -2.10. The fourth-order valence-corrected chi connectivity index (χ4v) is 0.926. The van der Waals surface area contributed by atoms with Gasteiger partial charge in [0.2, 0.25) is 0 Å². The first-order valence-corrected chi connectivity index (χ1v) is 3.75. The normalized spacial score (nSPS) is 10.1. The molecule has 0 aliphatic rings. The third kappa shape index (κ3) is 2.06. The Morgan fingerprint density at radius 1 is 1.38 bits per heavy atom. The fourth-order valence-electron chi connectivity index (χ4n) is 0.926. The first kappa shape index (κ1) is 9.73. The van der Waals surface area contributed by atoms with Crippen molar-refractivity contribution in [2.24, 2.45) is 0 Å². The van der Waals surface area contributed by atoms with E-state index in [0.717, 1.165) is 6.07 Å². The summed E-state index contributed by atoms with van der Waals surface area (Å²) in [5.74, 6) is -1.98. The van der Waals surface area contributed by atoms with Crippen molar-refractivity contribution in [3.63, 3.8) is 0 Å². The van der Waals surface area contributed by atoms with E-state index in [1.165, 1.54) is 6.07 Å². The summed E-state index contributed by atoms with van der Waals surface area (Å²) < 4.78 is 25.6. The summed E-state index contributed by atoms with van der Waals surface area (Å²) in [5, 5.41) is 10.9. The predicted octanol–water partition coefficient (Wildman–Crippen LogP) is 0.951. The van der Waals surface area contributed by atoms with Gasteiger partial charge in [-0.25, -0.2) is 8.78 Å². The summed E-state index contributed by atoms with van der Waals surface area (Å²) in [5.41, 5.74) is 5.40. The number of anilines is 2. The third-order valence-electron chi connectivity index (χ3n) is 1.54. The van der Waals surface area contributed by atoms with E-state index in [9.17, 15) is 8.78 Å². The summed E-state index contributed by atoms with van der Waals surface area (Å²) in [4.78, 5) is 0. The number of rotatable bonds is 3. The average molecular weight is 188 g/mol. The summed E-state index contributed by atoms with van der Waals surface area (Å²) >= 11 is 0. The van der Waals surface area contributed by atoms with Crippen LogP contribution in [0.1, 0.15) is 0 Å². The average Bonchev–Trinajstić information content (AvgIpc) is 2.12. The zero-order chi connectivity index (χ0) is 9.84. The standard InChI is InChI=1S/C8H10F2N2O/c9-5-1-2-6(11)8(7(5)10)12-3-4-13/h1-2,12-13H,3-4,11H2. The van der Waals surface area contributed by atoms with Crippen LogP contribution in [0.4, 0.5) is 20.2 Å². The molecule has 0 aromatic heterocycles. The van der Waals surface area contributed by atoms with E-state index in [1.54, 1.807) is 0 Å². The number of benzene rings is 1. The lowest BCUT2D eigenvalue weighted by atomic mass is 10.2. The number of nitrogens with one attached hydrogen (secondary N) is 1. The van der Waals surface area contributed by atoms with Gasteiger partial charge in [0.25, 0.3) is 0 Å². The lowest BCUT2D eigenvalue weighted by molar-refractivity contribution is 0.311. The molecule has 0 saturated carbocycles. The predicted molar refractivity (Wildman–Crippen MR) is 46.3 cm³/mol. The van der Waals surface area contributed by atoms with E-state index in [-0.39, 0.29) is 24.5 Å². The number of nitrogen functional groups attached to an aromatic ring is 1. The van der Waals surface area contributed by atoms with Gasteiger partial charge in [0, 0.05) is 6.54 Å². The van der Waals surface area contributed by atoms with Crippen LogP contribution in [0.3, 0.4) is 0 Å². The Balaban J connectivity index is 2.96. The lowest BCUT2D eigenvalue weighted by Gasteiger charge is -2.08. The number of hydrogen-bond donors (Lipinski definition) is 3. The zero-order valence-electron chi connectivity index (χ0n) is 6.85. The van der Waals surface area contributed by atoms with Crippen molar-refractivity contribution in [1.29, 1.82) is 0 Å². The van der Waals surface area contributed by atoms with Crippen molar-refractivity contribution >= 4 is 11.4 Å². The molecule has 0 aliphatic heterocycles. The van der Waals surface area contributed by atoms with Gasteiger partial charge in [-0.1, -0.05) is 0 Å². The summed E-state index contributed by atoms with van der Waals surface area (Å²) in [6, 6.07) is 2.22. The van der Waals surface area contributed by atoms with E-state index in [1.807, 2.05) is 0 Å². The molecule has 0 bridgehead atoms. The van der Waals surface area contributed by atoms with Crippen LogP contribution in [-0.2, 0) is 0 Å². The van der Waals surface area contributed by atoms with Crippen molar-refractivity contribution < 1.29 is 13.9 Å². The van der Waals surface area contributed by atoms with Gasteiger partial charge in [-0.3, -0.25) is 0 Å². The maximum absolute atomic E-state index is 13.0. The molecule has 1 aromatic carbocycles.